The number of nitrogens with one attached hydrogen (secondary N) is 1. The van der Waals surface area contributed by atoms with Crippen LogP contribution in [0.25, 0.3) is 0 Å². The maximum Gasteiger partial charge on any atom is 0.158 e. The molecule has 0 spiro atoms. The van der Waals surface area contributed by atoms with Crippen LogP contribution in [0.4, 0.5) is 0 Å². The van der Waals surface area contributed by atoms with Crippen LogP contribution in [0, 0.1) is 0 Å². The van der Waals surface area contributed by atoms with Gasteiger partial charge < -0.3 is 10.1 Å². The van der Waals surface area contributed by atoms with Crippen molar-refractivity contribution < 1.29 is 4.74 Å². The number of rotatable bonds is 2. The molecule has 0 aromatic rings. The summed E-state index contributed by atoms with van der Waals surface area (Å²) in [5.74, 6) is 0.899. The minimum atomic E-state index is 0.179. The van der Waals surface area contributed by atoms with Gasteiger partial charge in [0.25, 0.3) is 0 Å². The van der Waals surface area contributed by atoms with Crippen LogP contribution < -0.4 is 5.32 Å². The van der Waals surface area contributed by atoms with Gasteiger partial charge in [-0.2, -0.15) is 0 Å². The second-order valence-electron chi connectivity index (χ2n) is 2.91. The average Bonchev–Trinajstić information content (AvgIpc) is 2.03. The highest BCUT2D eigenvalue weighted by Crippen LogP contribution is 2.14. The zero-order valence-electron chi connectivity index (χ0n) is 8.14. The van der Waals surface area contributed by atoms with E-state index in [9.17, 15) is 0 Å². The molecule has 1 unspecified atom stereocenters. The van der Waals surface area contributed by atoms with E-state index in [1.807, 2.05) is 13.8 Å². The van der Waals surface area contributed by atoms with Gasteiger partial charge in [-0.1, -0.05) is 6.92 Å². The van der Waals surface area contributed by atoms with Gasteiger partial charge in [0, 0.05) is 0 Å². The maximum absolute atomic E-state index is 5.24. The Balaban J connectivity index is 2.92. The highest BCUT2D eigenvalue weighted by molar-refractivity contribution is 5.99. The predicted octanol–water partition coefficient (Wildman–Crippen LogP) is 1.66. The number of ether oxygens (including phenoxy) is 1. The second-order valence-corrected chi connectivity index (χ2v) is 2.91. The Kier molecular flexibility index (Phi) is 2.74. The van der Waals surface area contributed by atoms with Crippen molar-refractivity contribution in [2.75, 3.05) is 7.11 Å². The molecule has 0 saturated carbocycles. The number of aliphatic imine (C=N–C) groups is 1. The molecule has 0 radical (unpaired) electrons. The van der Waals surface area contributed by atoms with Gasteiger partial charge in [-0.3, -0.25) is 4.99 Å². The summed E-state index contributed by atoms with van der Waals surface area (Å²) in [4.78, 5) is 4.43. The quantitative estimate of drug-likeness (QED) is 0.680. The van der Waals surface area contributed by atoms with Crippen molar-refractivity contribution in [1.29, 1.82) is 0 Å². The zero-order valence-corrected chi connectivity index (χ0v) is 8.14. The average molecular weight is 168 g/mol. The van der Waals surface area contributed by atoms with Crippen LogP contribution in [0.3, 0.4) is 0 Å². The monoisotopic (exact) mass is 168 g/mol. The number of allylic oxidation sites excluding steroid dienone is 2. The molecule has 1 rings (SSSR count). The molecule has 3 nitrogen and oxygen atoms in total. The standard InChI is InChI=1S/C9H16N2O/c1-5-8-9(12-4)6(2)10-7(3)11-8/h7,10H,5H2,1-4H3. The lowest BCUT2D eigenvalue weighted by molar-refractivity contribution is 0.301. The molecule has 0 aliphatic carbocycles. The van der Waals surface area contributed by atoms with E-state index in [1.54, 1.807) is 7.11 Å². The topological polar surface area (TPSA) is 33.6 Å². The third-order valence-electron chi connectivity index (χ3n) is 1.92. The molecule has 3 heteroatoms. The SMILES string of the molecule is CCC1=NC(C)NC(C)=C1OC. The molecule has 1 heterocycles. The first-order valence-corrected chi connectivity index (χ1v) is 4.27. The van der Waals surface area contributed by atoms with Crippen molar-refractivity contribution in [3.05, 3.63) is 11.5 Å². The number of methoxy groups -OCH3 is 1. The molecule has 68 valence electrons. The number of hydrogen-bond donors (Lipinski definition) is 1. The molecule has 1 aliphatic rings. The Labute approximate surface area is 73.5 Å². The van der Waals surface area contributed by atoms with Crippen molar-refractivity contribution in [2.24, 2.45) is 4.99 Å². The molecular formula is C9H16N2O. The molecule has 0 aromatic carbocycles. The van der Waals surface area contributed by atoms with E-state index in [1.165, 1.54) is 0 Å². The minimum Gasteiger partial charge on any atom is -0.493 e. The zero-order chi connectivity index (χ0) is 9.14. The van der Waals surface area contributed by atoms with E-state index in [0.29, 0.717) is 0 Å². The molecule has 0 aromatic heterocycles. The minimum absolute atomic E-state index is 0.179. The Morgan fingerprint density at radius 3 is 2.75 bits per heavy atom. The third kappa shape index (κ3) is 1.60. The maximum atomic E-state index is 5.24. The van der Waals surface area contributed by atoms with Crippen LogP contribution in [-0.2, 0) is 4.74 Å². The molecule has 0 amide bonds. The molecule has 0 saturated heterocycles. The fourth-order valence-corrected chi connectivity index (χ4v) is 1.44. The van der Waals surface area contributed by atoms with Gasteiger partial charge in [-0.05, 0) is 20.3 Å². The van der Waals surface area contributed by atoms with E-state index >= 15 is 0 Å². The third-order valence-corrected chi connectivity index (χ3v) is 1.92. The molecule has 0 fully saturated rings. The predicted molar refractivity (Wildman–Crippen MR) is 50.0 cm³/mol. The molecule has 1 atom stereocenters. The Morgan fingerprint density at radius 1 is 1.58 bits per heavy atom. The van der Waals surface area contributed by atoms with Crippen LogP contribution in [-0.4, -0.2) is 19.0 Å². The van der Waals surface area contributed by atoms with E-state index in [2.05, 4.69) is 17.2 Å². The Bertz CT molecular complexity index is 231. The van der Waals surface area contributed by atoms with Gasteiger partial charge in [-0.15, -0.1) is 0 Å². The highest BCUT2D eigenvalue weighted by Gasteiger charge is 2.16. The first kappa shape index (κ1) is 9.10. The van der Waals surface area contributed by atoms with Crippen molar-refractivity contribution >= 4 is 5.71 Å². The summed E-state index contributed by atoms with van der Waals surface area (Å²) in [7, 11) is 1.68. The molecule has 12 heavy (non-hydrogen) atoms. The van der Waals surface area contributed by atoms with Crippen molar-refractivity contribution in [1.82, 2.24) is 5.32 Å². The van der Waals surface area contributed by atoms with Crippen LogP contribution in [0.1, 0.15) is 27.2 Å². The van der Waals surface area contributed by atoms with Gasteiger partial charge in [0.2, 0.25) is 0 Å². The molecule has 1 N–H and O–H groups in total. The van der Waals surface area contributed by atoms with E-state index in [-0.39, 0.29) is 6.17 Å². The van der Waals surface area contributed by atoms with Crippen LogP contribution in [0.5, 0.6) is 0 Å². The van der Waals surface area contributed by atoms with Crippen LogP contribution >= 0.6 is 0 Å². The molecule has 0 bridgehead atoms. The lowest BCUT2D eigenvalue weighted by atomic mass is 10.2. The Morgan fingerprint density at radius 2 is 2.25 bits per heavy atom. The first-order valence-electron chi connectivity index (χ1n) is 4.27. The fraction of sp³-hybridized carbons (Fsp3) is 0.667. The first-order chi connectivity index (χ1) is 5.69. The van der Waals surface area contributed by atoms with E-state index < -0.39 is 0 Å². The van der Waals surface area contributed by atoms with Crippen molar-refractivity contribution in [3.63, 3.8) is 0 Å². The largest absolute Gasteiger partial charge is 0.493 e. The summed E-state index contributed by atoms with van der Waals surface area (Å²) < 4.78 is 5.24. The number of hydrogen-bond acceptors (Lipinski definition) is 3. The van der Waals surface area contributed by atoms with Gasteiger partial charge in [-0.25, -0.2) is 0 Å². The van der Waals surface area contributed by atoms with Gasteiger partial charge >= 0.3 is 0 Å². The lowest BCUT2D eigenvalue weighted by Gasteiger charge is -2.22. The second kappa shape index (κ2) is 3.61. The summed E-state index contributed by atoms with van der Waals surface area (Å²) in [6.07, 6.45) is 1.10. The normalized spacial score (nSPS) is 23.3. The van der Waals surface area contributed by atoms with Crippen LogP contribution in [0.2, 0.25) is 0 Å². The fourth-order valence-electron chi connectivity index (χ4n) is 1.44. The van der Waals surface area contributed by atoms with Gasteiger partial charge in [0.05, 0.1) is 18.5 Å². The summed E-state index contributed by atoms with van der Waals surface area (Å²) in [5.41, 5.74) is 2.14. The highest BCUT2D eigenvalue weighted by atomic mass is 16.5. The van der Waals surface area contributed by atoms with E-state index in [0.717, 1.165) is 23.6 Å². The van der Waals surface area contributed by atoms with Crippen LogP contribution in [0.15, 0.2) is 16.4 Å². The summed E-state index contributed by atoms with van der Waals surface area (Å²) in [6, 6.07) is 0. The smallest absolute Gasteiger partial charge is 0.158 e. The summed E-state index contributed by atoms with van der Waals surface area (Å²) in [6.45, 7) is 6.13. The molecular weight excluding hydrogens is 152 g/mol. The van der Waals surface area contributed by atoms with Crippen molar-refractivity contribution in [2.45, 2.75) is 33.4 Å². The van der Waals surface area contributed by atoms with Gasteiger partial charge in [0.1, 0.15) is 6.17 Å². The summed E-state index contributed by atoms with van der Waals surface area (Å²) >= 11 is 0. The molecule has 1 aliphatic heterocycles. The number of nitrogens with zero attached hydrogens (tertiary/aromatic N) is 1. The van der Waals surface area contributed by atoms with Crippen molar-refractivity contribution in [3.8, 4) is 0 Å². The van der Waals surface area contributed by atoms with E-state index in [4.69, 9.17) is 4.74 Å². The Hall–Kier alpha value is -0.990. The summed E-state index contributed by atoms with van der Waals surface area (Å²) in [5, 5.41) is 3.21. The lowest BCUT2D eigenvalue weighted by Crippen LogP contribution is -2.31. The van der Waals surface area contributed by atoms with Gasteiger partial charge in [0.15, 0.2) is 5.76 Å².